The molecular formula is C9H13N7O. The number of nitrogens with zero attached hydrogens (tertiary/aromatic N) is 5. The van der Waals surface area contributed by atoms with Gasteiger partial charge in [-0.05, 0) is 20.8 Å². The average molecular weight is 235 g/mol. The van der Waals surface area contributed by atoms with E-state index in [1.165, 1.54) is 0 Å². The van der Waals surface area contributed by atoms with Crippen LogP contribution in [0.5, 0.6) is 0 Å². The lowest BCUT2D eigenvalue weighted by Gasteiger charge is -2.01. The van der Waals surface area contributed by atoms with Crippen LogP contribution >= 0.6 is 0 Å². The first-order chi connectivity index (χ1) is 8.06. The number of rotatable bonds is 3. The highest BCUT2D eigenvalue weighted by Gasteiger charge is 2.11. The largest absolute Gasteiger partial charge is 0.406 e. The predicted octanol–water partition coefficient (Wildman–Crippen LogP) is 0.635. The van der Waals surface area contributed by atoms with Crippen LogP contribution in [0.4, 0.5) is 12.0 Å². The van der Waals surface area contributed by atoms with Gasteiger partial charge in [-0.2, -0.15) is 5.10 Å². The molecule has 0 saturated carbocycles. The summed E-state index contributed by atoms with van der Waals surface area (Å²) in [5, 5.41) is 18.1. The summed E-state index contributed by atoms with van der Waals surface area (Å²) in [7, 11) is 0. The van der Waals surface area contributed by atoms with Crippen molar-refractivity contribution in [1.82, 2.24) is 25.4 Å². The van der Waals surface area contributed by atoms with E-state index in [4.69, 9.17) is 10.2 Å². The normalized spacial score (nSPS) is 12.5. The summed E-state index contributed by atoms with van der Waals surface area (Å²) in [4.78, 5) is 4.18. The van der Waals surface area contributed by atoms with Gasteiger partial charge in [-0.1, -0.05) is 5.10 Å². The Bertz CT molecular complexity index is 522. The summed E-state index contributed by atoms with van der Waals surface area (Å²) in [5.74, 6) is 0.664. The molecule has 0 aliphatic heterocycles. The number of anilines is 2. The van der Waals surface area contributed by atoms with E-state index >= 15 is 0 Å². The summed E-state index contributed by atoms with van der Waals surface area (Å²) < 4.78 is 5.25. The molecule has 17 heavy (non-hydrogen) atoms. The molecule has 0 saturated heterocycles. The van der Waals surface area contributed by atoms with Crippen LogP contribution in [-0.4, -0.2) is 25.4 Å². The van der Waals surface area contributed by atoms with Crippen LogP contribution < -0.4 is 11.1 Å². The fraction of sp³-hybridized carbons (Fsp3) is 0.444. The summed E-state index contributed by atoms with van der Waals surface area (Å²) in [6.45, 7) is 5.43. The Labute approximate surface area is 97.7 Å². The first-order valence-electron chi connectivity index (χ1n) is 5.10. The van der Waals surface area contributed by atoms with Gasteiger partial charge in [-0.3, -0.25) is 5.32 Å². The van der Waals surface area contributed by atoms with E-state index in [0.29, 0.717) is 11.8 Å². The highest BCUT2D eigenvalue weighted by Crippen LogP contribution is 2.14. The van der Waals surface area contributed by atoms with Gasteiger partial charge in [0.1, 0.15) is 0 Å². The fourth-order valence-electron chi connectivity index (χ4n) is 1.07. The lowest BCUT2D eigenvalue weighted by Crippen LogP contribution is -2.04. The zero-order valence-electron chi connectivity index (χ0n) is 9.80. The number of nitrogens with one attached hydrogen (secondary N) is 1. The quantitative estimate of drug-likeness (QED) is 0.795. The van der Waals surface area contributed by atoms with Crippen molar-refractivity contribution in [1.29, 1.82) is 0 Å². The summed E-state index contributed by atoms with van der Waals surface area (Å²) in [6.07, 6.45) is 0. The zero-order valence-corrected chi connectivity index (χ0v) is 9.80. The molecule has 1 atom stereocenters. The van der Waals surface area contributed by atoms with Crippen LogP contribution in [0.2, 0.25) is 0 Å². The van der Waals surface area contributed by atoms with Crippen molar-refractivity contribution >= 4 is 12.0 Å². The van der Waals surface area contributed by atoms with Gasteiger partial charge in [0.15, 0.2) is 0 Å². The van der Waals surface area contributed by atoms with E-state index in [0.717, 1.165) is 11.4 Å². The minimum absolute atomic E-state index is 0.197. The lowest BCUT2D eigenvalue weighted by molar-refractivity contribution is 0.475. The van der Waals surface area contributed by atoms with Crippen molar-refractivity contribution in [2.24, 2.45) is 5.73 Å². The van der Waals surface area contributed by atoms with Crippen molar-refractivity contribution in [2.75, 3.05) is 5.32 Å². The van der Waals surface area contributed by atoms with Crippen molar-refractivity contribution < 1.29 is 4.42 Å². The standard InChI is InChI=1S/C9H13N7O/c1-4(10)7-14-16-9(17-7)12-8-11-5(2)6(3)13-15-8/h4H,10H2,1-3H3,(H,11,12,15,16). The van der Waals surface area contributed by atoms with Crippen molar-refractivity contribution in [3.05, 3.63) is 17.3 Å². The van der Waals surface area contributed by atoms with Crippen molar-refractivity contribution in [3.8, 4) is 0 Å². The number of nitrogens with two attached hydrogens (primary N) is 1. The van der Waals surface area contributed by atoms with Gasteiger partial charge in [-0.25, -0.2) is 4.98 Å². The van der Waals surface area contributed by atoms with Crippen molar-refractivity contribution in [2.45, 2.75) is 26.8 Å². The highest BCUT2D eigenvalue weighted by atomic mass is 16.4. The third-order valence-electron chi connectivity index (χ3n) is 2.14. The molecule has 8 nitrogen and oxygen atoms in total. The average Bonchev–Trinajstić information content (AvgIpc) is 2.72. The first kappa shape index (κ1) is 11.4. The third-order valence-corrected chi connectivity index (χ3v) is 2.14. The molecule has 2 aromatic heterocycles. The van der Waals surface area contributed by atoms with Gasteiger partial charge in [0.25, 0.3) is 5.95 Å². The molecule has 90 valence electrons. The van der Waals surface area contributed by atoms with Crippen LogP contribution in [-0.2, 0) is 0 Å². The van der Waals surface area contributed by atoms with E-state index in [1.807, 2.05) is 13.8 Å². The summed E-state index contributed by atoms with van der Waals surface area (Å²) in [5.41, 5.74) is 7.16. The summed E-state index contributed by atoms with van der Waals surface area (Å²) in [6, 6.07) is -0.112. The SMILES string of the molecule is Cc1nnc(Nc2nnc(C(C)N)o2)nc1C. The number of hydrogen-bond donors (Lipinski definition) is 2. The van der Waals surface area contributed by atoms with Crippen molar-refractivity contribution in [3.63, 3.8) is 0 Å². The third kappa shape index (κ3) is 2.53. The molecule has 2 heterocycles. The second-order valence-corrected chi connectivity index (χ2v) is 3.67. The molecule has 0 aromatic carbocycles. The monoisotopic (exact) mass is 235 g/mol. The van der Waals surface area contributed by atoms with Gasteiger partial charge < -0.3 is 10.2 Å². The predicted molar refractivity (Wildman–Crippen MR) is 59.5 cm³/mol. The topological polar surface area (TPSA) is 116 Å². The van der Waals surface area contributed by atoms with Crippen LogP contribution in [0.25, 0.3) is 0 Å². The molecule has 0 bridgehead atoms. The van der Waals surface area contributed by atoms with E-state index < -0.39 is 0 Å². The molecule has 0 radical (unpaired) electrons. The maximum atomic E-state index is 5.60. The second-order valence-electron chi connectivity index (χ2n) is 3.67. The molecule has 0 aliphatic rings. The van der Waals surface area contributed by atoms with Crippen LogP contribution in [0.1, 0.15) is 30.2 Å². The Morgan fingerprint density at radius 2 is 1.88 bits per heavy atom. The minimum atomic E-state index is -0.308. The van der Waals surface area contributed by atoms with Gasteiger partial charge in [0.2, 0.25) is 5.89 Å². The van der Waals surface area contributed by atoms with Crippen LogP contribution in [0.3, 0.4) is 0 Å². The summed E-state index contributed by atoms with van der Waals surface area (Å²) >= 11 is 0. The molecule has 3 N–H and O–H groups in total. The van der Waals surface area contributed by atoms with E-state index in [-0.39, 0.29) is 12.1 Å². The van der Waals surface area contributed by atoms with Gasteiger partial charge >= 0.3 is 6.01 Å². The van der Waals surface area contributed by atoms with E-state index in [9.17, 15) is 0 Å². The molecule has 8 heteroatoms. The second kappa shape index (κ2) is 4.42. The maximum absolute atomic E-state index is 5.60. The molecule has 0 aliphatic carbocycles. The Morgan fingerprint density at radius 3 is 2.47 bits per heavy atom. The van der Waals surface area contributed by atoms with E-state index in [2.05, 4.69) is 30.7 Å². The lowest BCUT2D eigenvalue weighted by atomic mass is 10.4. The van der Waals surface area contributed by atoms with E-state index in [1.54, 1.807) is 6.92 Å². The van der Waals surface area contributed by atoms with Gasteiger partial charge in [0.05, 0.1) is 17.4 Å². The molecular weight excluding hydrogens is 222 g/mol. The highest BCUT2D eigenvalue weighted by molar-refractivity contribution is 5.38. The Kier molecular flexibility index (Phi) is 2.96. The van der Waals surface area contributed by atoms with Crippen LogP contribution in [0, 0.1) is 13.8 Å². The molecule has 2 aromatic rings. The number of hydrogen-bond acceptors (Lipinski definition) is 8. The molecule has 0 spiro atoms. The van der Waals surface area contributed by atoms with Gasteiger partial charge in [0, 0.05) is 0 Å². The Hall–Kier alpha value is -2.09. The Balaban J connectivity index is 2.16. The molecule has 1 unspecified atom stereocenters. The Morgan fingerprint density at radius 1 is 1.12 bits per heavy atom. The fourth-order valence-corrected chi connectivity index (χ4v) is 1.07. The van der Waals surface area contributed by atoms with Crippen LogP contribution in [0.15, 0.2) is 4.42 Å². The molecule has 0 amide bonds. The maximum Gasteiger partial charge on any atom is 0.322 e. The molecule has 2 rings (SSSR count). The number of aromatic nitrogens is 5. The number of aryl methyl sites for hydroxylation is 2. The first-order valence-corrected chi connectivity index (χ1v) is 5.10. The minimum Gasteiger partial charge on any atom is -0.406 e. The smallest absolute Gasteiger partial charge is 0.322 e. The zero-order chi connectivity index (χ0) is 12.4. The molecule has 0 fully saturated rings. The van der Waals surface area contributed by atoms with Gasteiger partial charge in [-0.15, -0.1) is 10.2 Å².